The second kappa shape index (κ2) is 6.43. The SMILES string of the molecule is O=C(O)C1CSCCN1C(=O)CC1CCCNC1. The van der Waals surface area contributed by atoms with Gasteiger partial charge in [0, 0.05) is 24.5 Å². The number of carbonyl (C=O) groups excluding carboxylic acids is 1. The summed E-state index contributed by atoms with van der Waals surface area (Å²) in [6.45, 7) is 2.48. The highest BCUT2D eigenvalue weighted by atomic mass is 32.2. The Hall–Kier alpha value is -0.750. The monoisotopic (exact) mass is 272 g/mol. The van der Waals surface area contributed by atoms with E-state index in [9.17, 15) is 9.59 Å². The van der Waals surface area contributed by atoms with Crippen molar-refractivity contribution in [3.63, 3.8) is 0 Å². The lowest BCUT2D eigenvalue weighted by molar-refractivity contribution is -0.149. The van der Waals surface area contributed by atoms with E-state index in [-0.39, 0.29) is 5.91 Å². The van der Waals surface area contributed by atoms with Gasteiger partial charge in [0.1, 0.15) is 6.04 Å². The van der Waals surface area contributed by atoms with Crippen molar-refractivity contribution in [1.29, 1.82) is 0 Å². The lowest BCUT2D eigenvalue weighted by Crippen LogP contribution is -2.51. The number of hydrogen-bond donors (Lipinski definition) is 2. The smallest absolute Gasteiger partial charge is 0.327 e. The molecule has 2 unspecified atom stereocenters. The average molecular weight is 272 g/mol. The number of hydrogen-bond acceptors (Lipinski definition) is 4. The van der Waals surface area contributed by atoms with E-state index < -0.39 is 12.0 Å². The van der Waals surface area contributed by atoms with Gasteiger partial charge in [0.15, 0.2) is 0 Å². The maximum atomic E-state index is 12.2. The molecule has 0 aliphatic carbocycles. The van der Waals surface area contributed by atoms with Crippen molar-refractivity contribution in [3.8, 4) is 0 Å². The zero-order chi connectivity index (χ0) is 13.0. The molecule has 2 aliphatic rings. The molecule has 18 heavy (non-hydrogen) atoms. The van der Waals surface area contributed by atoms with Crippen molar-refractivity contribution in [2.75, 3.05) is 31.1 Å². The Morgan fingerprint density at radius 1 is 1.44 bits per heavy atom. The van der Waals surface area contributed by atoms with Crippen LogP contribution in [0.15, 0.2) is 0 Å². The van der Waals surface area contributed by atoms with E-state index in [4.69, 9.17) is 5.11 Å². The molecule has 2 heterocycles. The van der Waals surface area contributed by atoms with E-state index >= 15 is 0 Å². The molecule has 0 bridgehead atoms. The van der Waals surface area contributed by atoms with Crippen LogP contribution in [0.4, 0.5) is 0 Å². The fourth-order valence-electron chi connectivity index (χ4n) is 2.57. The Kier molecular flexibility index (Phi) is 4.88. The van der Waals surface area contributed by atoms with Gasteiger partial charge in [-0.15, -0.1) is 0 Å². The van der Waals surface area contributed by atoms with Crippen molar-refractivity contribution in [1.82, 2.24) is 10.2 Å². The number of piperidine rings is 1. The van der Waals surface area contributed by atoms with Crippen LogP contribution in [0.25, 0.3) is 0 Å². The summed E-state index contributed by atoms with van der Waals surface area (Å²) in [4.78, 5) is 24.9. The van der Waals surface area contributed by atoms with E-state index in [1.54, 1.807) is 16.7 Å². The van der Waals surface area contributed by atoms with Crippen LogP contribution in [0.3, 0.4) is 0 Å². The molecule has 1 amide bonds. The van der Waals surface area contributed by atoms with Crippen molar-refractivity contribution < 1.29 is 14.7 Å². The van der Waals surface area contributed by atoms with Crippen molar-refractivity contribution in [3.05, 3.63) is 0 Å². The van der Waals surface area contributed by atoms with Gasteiger partial charge in [0.05, 0.1) is 0 Å². The molecule has 102 valence electrons. The Labute approximate surface area is 111 Å². The summed E-state index contributed by atoms with van der Waals surface area (Å²) in [6.07, 6.45) is 2.66. The van der Waals surface area contributed by atoms with E-state index in [1.807, 2.05) is 0 Å². The number of aliphatic carboxylic acids is 1. The van der Waals surface area contributed by atoms with Gasteiger partial charge < -0.3 is 15.3 Å². The highest BCUT2D eigenvalue weighted by molar-refractivity contribution is 7.99. The minimum Gasteiger partial charge on any atom is -0.480 e. The maximum absolute atomic E-state index is 12.2. The fourth-order valence-corrected chi connectivity index (χ4v) is 3.61. The van der Waals surface area contributed by atoms with Crippen LogP contribution < -0.4 is 5.32 Å². The highest BCUT2D eigenvalue weighted by Crippen LogP contribution is 2.21. The van der Waals surface area contributed by atoms with Crippen LogP contribution >= 0.6 is 11.8 Å². The largest absolute Gasteiger partial charge is 0.480 e. The summed E-state index contributed by atoms with van der Waals surface area (Å²) in [5.74, 6) is 0.867. The van der Waals surface area contributed by atoms with E-state index in [0.717, 1.165) is 31.7 Å². The van der Waals surface area contributed by atoms with Gasteiger partial charge in [-0.3, -0.25) is 4.79 Å². The molecule has 2 saturated heterocycles. The first-order valence-corrected chi connectivity index (χ1v) is 7.64. The lowest BCUT2D eigenvalue weighted by Gasteiger charge is -2.34. The van der Waals surface area contributed by atoms with E-state index in [0.29, 0.717) is 24.6 Å². The molecule has 2 atom stereocenters. The molecule has 2 aliphatic heterocycles. The van der Waals surface area contributed by atoms with Crippen molar-refractivity contribution >= 4 is 23.6 Å². The zero-order valence-corrected chi connectivity index (χ0v) is 11.2. The third-order valence-corrected chi connectivity index (χ3v) is 4.62. The first-order chi connectivity index (χ1) is 8.68. The molecule has 0 saturated carbocycles. The van der Waals surface area contributed by atoms with E-state index in [1.165, 1.54) is 0 Å². The van der Waals surface area contributed by atoms with Gasteiger partial charge in [-0.2, -0.15) is 11.8 Å². The maximum Gasteiger partial charge on any atom is 0.327 e. The number of nitrogens with one attached hydrogen (secondary N) is 1. The number of nitrogens with zero attached hydrogens (tertiary/aromatic N) is 1. The van der Waals surface area contributed by atoms with Gasteiger partial charge in [-0.25, -0.2) is 4.79 Å². The Morgan fingerprint density at radius 3 is 2.94 bits per heavy atom. The van der Waals surface area contributed by atoms with Crippen LogP contribution in [-0.2, 0) is 9.59 Å². The number of carboxylic acids is 1. The second-order valence-electron chi connectivity index (χ2n) is 4.93. The second-order valence-corrected chi connectivity index (χ2v) is 6.08. The third kappa shape index (κ3) is 3.38. The standard InChI is InChI=1S/C12H20N2O3S/c15-11(6-9-2-1-3-13-7-9)14-4-5-18-8-10(14)12(16)17/h9-10,13H,1-8H2,(H,16,17). The van der Waals surface area contributed by atoms with Crippen LogP contribution in [0.5, 0.6) is 0 Å². The third-order valence-electron chi connectivity index (χ3n) is 3.60. The fraction of sp³-hybridized carbons (Fsp3) is 0.833. The predicted molar refractivity (Wildman–Crippen MR) is 70.7 cm³/mol. The topological polar surface area (TPSA) is 69.6 Å². The van der Waals surface area contributed by atoms with Gasteiger partial charge in [0.25, 0.3) is 0 Å². The quantitative estimate of drug-likeness (QED) is 0.778. The van der Waals surface area contributed by atoms with Crippen LogP contribution in [-0.4, -0.2) is 59.1 Å². The van der Waals surface area contributed by atoms with Crippen molar-refractivity contribution in [2.45, 2.75) is 25.3 Å². The molecule has 0 aromatic rings. The number of carbonyl (C=O) groups is 2. The molecular formula is C12H20N2O3S. The highest BCUT2D eigenvalue weighted by Gasteiger charge is 2.33. The number of amides is 1. The summed E-state index contributed by atoms with van der Waals surface area (Å²) in [5.41, 5.74) is 0. The summed E-state index contributed by atoms with van der Waals surface area (Å²) >= 11 is 1.61. The minimum absolute atomic E-state index is 0.0106. The van der Waals surface area contributed by atoms with Crippen molar-refractivity contribution in [2.24, 2.45) is 5.92 Å². The van der Waals surface area contributed by atoms with Crippen LogP contribution in [0, 0.1) is 5.92 Å². The number of rotatable bonds is 3. The summed E-state index contributed by atoms with van der Waals surface area (Å²) in [5, 5.41) is 12.4. The molecule has 0 aromatic carbocycles. The molecule has 5 nitrogen and oxygen atoms in total. The Balaban J connectivity index is 1.91. The summed E-state index contributed by atoms with van der Waals surface area (Å²) < 4.78 is 0. The van der Waals surface area contributed by atoms with Gasteiger partial charge >= 0.3 is 5.97 Å². The lowest BCUT2D eigenvalue weighted by atomic mass is 9.95. The molecule has 0 radical (unpaired) electrons. The number of thioether (sulfide) groups is 1. The Morgan fingerprint density at radius 2 is 2.28 bits per heavy atom. The van der Waals surface area contributed by atoms with Crippen LogP contribution in [0.2, 0.25) is 0 Å². The minimum atomic E-state index is -0.877. The first-order valence-electron chi connectivity index (χ1n) is 6.49. The molecular weight excluding hydrogens is 252 g/mol. The van der Waals surface area contributed by atoms with Crippen LogP contribution in [0.1, 0.15) is 19.3 Å². The van der Waals surface area contributed by atoms with E-state index in [2.05, 4.69) is 5.32 Å². The van der Waals surface area contributed by atoms with Gasteiger partial charge in [-0.1, -0.05) is 0 Å². The molecule has 2 rings (SSSR count). The zero-order valence-electron chi connectivity index (χ0n) is 10.4. The Bertz CT molecular complexity index is 318. The molecule has 0 spiro atoms. The van der Waals surface area contributed by atoms with Gasteiger partial charge in [0.2, 0.25) is 5.91 Å². The molecule has 0 aromatic heterocycles. The predicted octanol–water partition coefficient (Wildman–Crippen LogP) is 0.405. The molecule has 2 N–H and O–H groups in total. The number of carboxylic acid groups (broad SMARTS) is 1. The molecule has 6 heteroatoms. The van der Waals surface area contributed by atoms with Gasteiger partial charge in [-0.05, 0) is 31.8 Å². The summed E-state index contributed by atoms with van der Waals surface area (Å²) in [6, 6.07) is -0.632. The average Bonchev–Trinajstić information content (AvgIpc) is 2.40. The summed E-state index contributed by atoms with van der Waals surface area (Å²) in [7, 11) is 0. The normalized spacial score (nSPS) is 29.0. The molecule has 2 fully saturated rings. The first kappa shape index (κ1) is 13.7.